The van der Waals surface area contributed by atoms with Crippen molar-refractivity contribution in [3.63, 3.8) is 0 Å². The van der Waals surface area contributed by atoms with Crippen LogP contribution in [0.3, 0.4) is 0 Å². The molecule has 0 aromatic rings. The van der Waals surface area contributed by atoms with E-state index in [0.29, 0.717) is 11.8 Å². The van der Waals surface area contributed by atoms with Crippen LogP contribution in [0.4, 0.5) is 0 Å². The molecule has 3 rings (SSSR count). The van der Waals surface area contributed by atoms with E-state index in [0.717, 1.165) is 31.8 Å². The minimum absolute atomic E-state index is 0.0625. The number of aliphatic hydroxyl groups is 1. The molecule has 0 aromatic heterocycles. The highest BCUT2D eigenvalue weighted by Crippen LogP contribution is 2.38. The number of hydrogen-bond acceptors (Lipinski definition) is 3. The monoisotopic (exact) mass is 252 g/mol. The smallest absolute Gasteiger partial charge is 0.239 e. The molecule has 0 bridgehead atoms. The first-order chi connectivity index (χ1) is 8.65. The molecule has 3 fully saturated rings. The highest BCUT2D eigenvalue weighted by atomic mass is 16.3. The molecular formula is C14H24N2O2. The minimum atomic E-state index is -0.123. The maximum atomic E-state index is 12.4. The molecule has 1 aliphatic heterocycles. The summed E-state index contributed by atoms with van der Waals surface area (Å²) in [5.41, 5.74) is 0. The molecule has 2 saturated carbocycles. The van der Waals surface area contributed by atoms with Crippen molar-refractivity contribution in [2.45, 2.75) is 44.2 Å². The maximum Gasteiger partial charge on any atom is 0.239 e. The Morgan fingerprint density at radius 3 is 2.89 bits per heavy atom. The van der Waals surface area contributed by atoms with Crippen LogP contribution >= 0.6 is 0 Å². The fraction of sp³-hybridized carbons (Fsp3) is 0.929. The molecule has 1 amide bonds. The van der Waals surface area contributed by atoms with E-state index in [9.17, 15) is 9.90 Å². The number of rotatable bonds is 3. The van der Waals surface area contributed by atoms with Gasteiger partial charge in [0.05, 0.1) is 12.1 Å². The summed E-state index contributed by atoms with van der Waals surface area (Å²) >= 11 is 0. The number of carbonyl (C=O) groups excluding carboxylic acids is 1. The Labute approximate surface area is 109 Å². The average molecular weight is 252 g/mol. The van der Waals surface area contributed by atoms with Gasteiger partial charge in [-0.1, -0.05) is 6.42 Å². The third-order valence-corrected chi connectivity index (χ3v) is 5.13. The van der Waals surface area contributed by atoms with Crippen molar-refractivity contribution >= 4 is 5.91 Å². The van der Waals surface area contributed by atoms with E-state index in [2.05, 4.69) is 5.32 Å². The second-order valence-corrected chi connectivity index (χ2v) is 6.45. The molecule has 0 radical (unpaired) electrons. The van der Waals surface area contributed by atoms with Crippen molar-refractivity contribution in [2.75, 3.05) is 20.1 Å². The van der Waals surface area contributed by atoms with Crippen LogP contribution in [-0.4, -0.2) is 48.2 Å². The molecular weight excluding hydrogens is 228 g/mol. The summed E-state index contributed by atoms with van der Waals surface area (Å²) in [5, 5.41) is 12.7. The molecule has 1 heterocycles. The highest BCUT2D eigenvalue weighted by Gasteiger charge is 2.43. The maximum absolute atomic E-state index is 12.4. The topological polar surface area (TPSA) is 52.6 Å². The number of hydrogen-bond donors (Lipinski definition) is 2. The van der Waals surface area contributed by atoms with Crippen LogP contribution in [-0.2, 0) is 4.79 Å². The van der Waals surface area contributed by atoms with E-state index >= 15 is 0 Å². The van der Waals surface area contributed by atoms with E-state index in [4.69, 9.17) is 0 Å². The molecule has 0 aromatic carbocycles. The predicted octanol–water partition coefficient (Wildman–Crippen LogP) is 0.604. The minimum Gasteiger partial charge on any atom is -0.393 e. The van der Waals surface area contributed by atoms with Gasteiger partial charge < -0.3 is 15.3 Å². The Balaban J connectivity index is 1.53. The first-order valence-electron chi connectivity index (χ1n) is 7.31. The Morgan fingerprint density at radius 1 is 1.39 bits per heavy atom. The zero-order chi connectivity index (χ0) is 12.7. The van der Waals surface area contributed by atoms with E-state index < -0.39 is 0 Å². The summed E-state index contributed by atoms with van der Waals surface area (Å²) in [6, 6.07) is 0.0625. The van der Waals surface area contributed by atoms with Crippen LogP contribution in [0.15, 0.2) is 0 Å². The Bertz CT molecular complexity index is 328. The van der Waals surface area contributed by atoms with Gasteiger partial charge in [0, 0.05) is 13.6 Å². The van der Waals surface area contributed by atoms with Crippen LogP contribution < -0.4 is 5.32 Å². The van der Waals surface area contributed by atoms with Gasteiger partial charge in [0.15, 0.2) is 0 Å². The third kappa shape index (κ3) is 2.16. The average Bonchev–Trinajstić information content (AvgIpc) is 2.87. The molecule has 3 atom stereocenters. The van der Waals surface area contributed by atoms with Gasteiger partial charge in [-0.3, -0.25) is 4.79 Å². The van der Waals surface area contributed by atoms with Gasteiger partial charge in [-0.2, -0.15) is 0 Å². The van der Waals surface area contributed by atoms with Crippen molar-refractivity contribution in [1.29, 1.82) is 0 Å². The molecule has 102 valence electrons. The van der Waals surface area contributed by atoms with Crippen LogP contribution in [0.5, 0.6) is 0 Å². The van der Waals surface area contributed by atoms with Crippen LogP contribution in [0.2, 0.25) is 0 Å². The van der Waals surface area contributed by atoms with E-state index in [1.807, 2.05) is 11.9 Å². The van der Waals surface area contributed by atoms with Crippen LogP contribution in [0, 0.1) is 17.8 Å². The number of likely N-dealkylation sites (N-methyl/N-ethyl adjacent to an activating group) is 1. The summed E-state index contributed by atoms with van der Waals surface area (Å²) in [4.78, 5) is 14.3. The Hall–Kier alpha value is -0.610. The lowest BCUT2D eigenvalue weighted by Gasteiger charge is -2.35. The molecule has 1 saturated heterocycles. The number of amides is 1. The van der Waals surface area contributed by atoms with Crippen LogP contribution in [0.25, 0.3) is 0 Å². The summed E-state index contributed by atoms with van der Waals surface area (Å²) in [7, 11) is 1.91. The number of fused-ring (bicyclic) bond motifs is 1. The molecule has 4 heteroatoms. The number of aliphatic hydroxyl groups excluding tert-OH is 1. The first kappa shape index (κ1) is 12.4. The van der Waals surface area contributed by atoms with Gasteiger partial charge in [0.25, 0.3) is 0 Å². The Kier molecular flexibility index (Phi) is 3.32. The molecule has 3 aliphatic rings. The van der Waals surface area contributed by atoms with E-state index in [-0.39, 0.29) is 18.1 Å². The largest absolute Gasteiger partial charge is 0.393 e. The van der Waals surface area contributed by atoms with Gasteiger partial charge in [-0.05, 0) is 50.0 Å². The summed E-state index contributed by atoms with van der Waals surface area (Å²) < 4.78 is 0. The van der Waals surface area contributed by atoms with Gasteiger partial charge in [-0.15, -0.1) is 0 Å². The molecule has 2 aliphatic carbocycles. The van der Waals surface area contributed by atoms with Crippen molar-refractivity contribution in [3.8, 4) is 0 Å². The van der Waals surface area contributed by atoms with Crippen molar-refractivity contribution in [3.05, 3.63) is 0 Å². The molecule has 3 unspecified atom stereocenters. The second kappa shape index (κ2) is 4.82. The normalized spacial score (nSPS) is 42.4. The van der Waals surface area contributed by atoms with Gasteiger partial charge in [0.2, 0.25) is 5.91 Å². The first-order valence-corrected chi connectivity index (χ1v) is 7.31. The predicted molar refractivity (Wildman–Crippen MR) is 69.0 cm³/mol. The lowest BCUT2D eigenvalue weighted by molar-refractivity contribution is -0.134. The van der Waals surface area contributed by atoms with Gasteiger partial charge in [0.1, 0.15) is 0 Å². The number of nitrogens with one attached hydrogen (secondary N) is 1. The molecule has 0 spiro atoms. The SMILES string of the molecule is CN(CC1CC(O)C1)C(=O)C1NCC2CCCC21. The zero-order valence-corrected chi connectivity index (χ0v) is 11.1. The summed E-state index contributed by atoms with van der Waals surface area (Å²) in [6.07, 6.45) is 5.40. The summed E-state index contributed by atoms with van der Waals surface area (Å²) in [5.74, 6) is 2.09. The molecule has 18 heavy (non-hydrogen) atoms. The summed E-state index contributed by atoms with van der Waals surface area (Å²) in [6.45, 7) is 1.84. The van der Waals surface area contributed by atoms with Crippen molar-refractivity contribution in [1.82, 2.24) is 10.2 Å². The standard InChI is InChI=1S/C14H24N2O2/c1-16(8-9-5-11(17)6-9)14(18)13-12-4-2-3-10(12)7-15-13/h9-13,15,17H,2-8H2,1H3. The third-order valence-electron chi connectivity index (χ3n) is 5.13. The Morgan fingerprint density at radius 2 is 2.17 bits per heavy atom. The van der Waals surface area contributed by atoms with Gasteiger partial charge in [-0.25, -0.2) is 0 Å². The zero-order valence-electron chi connectivity index (χ0n) is 11.1. The molecule has 4 nitrogen and oxygen atoms in total. The van der Waals surface area contributed by atoms with Gasteiger partial charge >= 0.3 is 0 Å². The second-order valence-electron chi connectivity index (χ2n) is 6.45. The fourth-order valence-electron chi connectivity index (χ4n) is 4.02. The quantitative estimate of drug-likeness (QED) is 0.773. The lowest BCUT2D eigenvalue weighted by atomic mass is 9.82. The number of carbonyl (C=O) groups is 1. The van der Waals surface area contributed by atoms with E-state index in [1.54, 1.807) is 0 Å². The van der Waals surface area contributed by atoms with Crippen LogP contribution in [0.1, 0.15) is 32.1 Å². The van der Waals surface area contributed by atoms with Crippen molar-refractivity contribution < 1.29 is 9.90 Å². The van der Waals surface area contributed by atoms with E-state index in [1.165, 1.54) is 19.3 Å². The molecule has 2 N–H and O–H groups in total. The fourth-order valence-corrected chi connectivity index (χ4v) is 4.02. The lowest BCUT2D eigenvalue weighted by Crippen LogP contribution is -2.48. The van der Waals surface area contributed by atoms with Crippen molar-refractivity contribution in [2.24, 2.45) is 17.8 Å². The highest BCUT2D eigenvalue weighted by molar-refractivity contribution is 5.82. The number of nitrogens with zero attached hydrogens (tertiary/aromatic N) is 1.